The maximum absolute atomic E-state index is 12.1. The number of aromatic nitrogens is 3. The zero-order valence-electron chi connectivity index (χ0n) is 18.2. The summed E-state index contributed by atoms with van der Waals surface area (Å²) < 4.78 is 7.65. The molecule has 1 amide bonds. The van der Waals surface area contributed by atoms with E-state index in [1.54, 1.807) is 0 Å². The van der Waals surface area contributed by atoms with Gasteiger partial charge < -0.3 is 24.8 Å². The molecule has 30 heavy (non-hydrogen) atoms. The van der Waals surface area contributed by atoms with E-state index in [-0.39, 0.29) is 30.1 Å². The fourth-order valence-corrected chi connectivity index (χ4v) is 3.68. The highest BCUT2D eigenvalue weighted by molar-refractivity contribution is 14.0. The van der Waals surface area contributed by atoms with Crippen molar-refractivity contribution in [2.45, 2.75) is 64.5 Å². The number of guanidine groups is 1. The number of carbonyl (C=O) groups is 1. The monoisotopic (exact) mass is 533 g/mol. The Morgan fingerprint density at radius 1 is 1.23 bits per heavy atom. The second-order valence-corrected chi connectivity index (χ2v) is 7.87. The number of amides is 1. The molecule has 9 nitrogen and oxygen atoms in total. The van der Waals surface area contributed by atoms with Crippen molar-refractivity contribution in [3.8, 4) is 0 Å². The first-order valence-corrected chi connectivity index (χ1v) is 10.9. The Morgan fingerprint density at radius 3 is 2.83 bits per heavy atom. The van der Waals surface area contributed by atoms with Gasteiger partial charge in [-0.05, 0) is 39.0 Å². The van der Waals surface area contributed by atoms with Crippen molar-refractivity contribution in [2.24, 2.45) is 12.0 Å². The molecule has 1 atom stereocenters. The molecule has 2 N–H and O–H groups in total. The van der Waals surface area contributed by atoms with Crippen LogP contribution >= 0.6 is 24.0 Å². The maximum Gasteiger partial charge on any atom is 0.222 e. The molecule has 2 aliphatic rings. The number of aliphatic imine (C=N–C) groups is 1. The van der Waals surface area contributed by atoms with E-state index in [0.717, 1.165) is 88.9 Å². The van der Waals surface area contributed by atoms with E-state index in [1.807, 2.05) is 23.4 Å². The number of aryl methyl sites for hydroxylation is 1. The Balaban J connectivity index is 0.00000320. The Bertz CT molecular complexity index is 689. The summed E-state index contributed by atoms with van der Waals surface area (Å²) >= 11 is 0. The lowest BCUT2D eigenvalue weighted by molar-refractivity contribution is -0.130. The fraction of sp³-hybridized carbons (Fsp3) is 0.800. The maximum atomic E-state index is 12.1. The molecule has 2 saturated heterocycles. The van der Waals surface area contributed by atoms with Crippen LogP contribution in [-0.2, 0) is 23.1 Å². The summed E-state index contributed by atoms with van der Waals surface area (Å²) in [4.78, 5) is 18.8. The number of hydrogen-bond donors (Lipinski definition) is 2. The average Bonchev–Trinajstić information content (AvgIpc) is 3.29. The van der Waals surface area contributed by atoms with Crippen LogP contribution in [0.15, 0.2) is 4.99 Å². The van der Waals surface area contributed by atoms with Crippen LogP contribution in [0.4, 0.5) is 0 Å². The first kappa shape index (κ1) is 24.8. The van der Waals surface area contributed by atoms with Gasteiger partial charge in [0.25, 0.3) is 0 Å². The molecule has 1 aromatic rings. The van der Waals surface area contributed by atoms with Crippen molar-refractivity contribution in [3.63, 3.8) is 0 Å². The molecule has 0 radical (unpaired) electrons. The predicted octanol–water partition coefficient (Wildman–Crippen LogP) is 1.75. The molecule has 0 bridgehead atoms. The largest absolute Gasteiger partial charge is 0.376 e. The van der Waals surface area contributed by atoms with Crippen LogP contribution < -0.4 is 10.6 Å². The molecule has 0 spiro atoms. The van der Waals surface area contributed by atoms with Crippen LogP contribution in [0.2, 0.25) is 0 Å². The lowest BCUT2D eigenvalue weighted by Gasteiger charge is -2.21. The number of likely N-dealkylation sites (tertiary alicyclic amines) is 1. The van der Waals surface area contributed by atoms with Gasteiger partial charge in [0.1, 0.15) is 12.4 Å². The van der Waals surface area contributed by atoms with E-state index in [0.29, 0.717) is 18.9 Å². The highest BCUT2D eigenvalue weighted by Crippen LogP contribution is 2.12. The second-order valence-electron chi connectivity index (χ2n) is 7.87. The zero-order valence-corrected chi connectivity index (χ0v) is 20.6. The third-order valence-corrected chi connectivity index (χ3v) is 5.65. The molecular weight excluding hydrogens is 497 g/mol. The summed E-state index contributed by atoms with van der Waals surface area (Å²) in [5.74, 6) is 2.75. The predicted molar refractivity (Wildman–Crippen MR) is 127 cm³/mol. The van der Waals surface area contributed by atoms with Gasteiger partial charge in [0, 0.05) is 46.3 Å². The molecule has 3 heterocycles. The quantitative estimate of drug-likeness (QED) is 0.229. The molecule has 3 rings (SSSR count). The molecule has 170 valence electrons. The van der Waals surface area contributed by atoms with Crippen molar-refractivity contribution >= 4 is 35.8 Å². The van der Waals surface area contributed by atoms with E-state index in [1.165, 1.54) is 0 Å². The summed E-state index contributed by atoms with van der Waals surface area (Å²) in [6.45, 7) is 6.43. The SMILES string of the molecule is Cc1nnc(CN=C(NCCCN2CCCCCC2=O)NCC2CCCO2)n1C.I. The molecule has 1 unspecified atom stereocenters. The number of nitrogens with one attached hydrogen (secondary N) is 2. The topological polar surface area (TPSA) is 96.7 Å². The Kier molecular flexibility index (Phi) is 10.8. The third-order valence-electron chi connectivity index (χ3n) is 5.65. The van der Waals surface area contributed by atoms with Gasteiger partial charge in [0.2, 0.25) is 5.91 Å². The highest BCUT2D eigenvalue weighted by Gasteiger charge is 2.17. The molecule has 2 aliphatic heterocycles. The third kappa shape index (κ3) is 7.68. The van der Waals surface area contributed by atoms with Gasteiger partial charge in [-0.1, -0.05) is 6.42 Å². The van der Waals surface area contributed by atoms with Gasteiger partial charge in [-0.3, -0.25) is 4.79 Å². The standard InChI is InChI=1S/C20H35N7O2.HI/c1-16-24-25-18(26(16)2)15-23-20(22-14-17-8-6-13-29-17)21-10-7-12-27-11-5-3-4-9-19(27)28;/h17H,3-15H2,1-2H3,(H2,21,22,23);1H. The van der Waals surface area contributed by atoms with Gasteiger partial charge in [-0.15, -0.1) is 34.2 Å². The molecule has 1 aromatic heterocycles. The zero-order chi connectivity index (χ0) is 20.5. The van der Waals surface area contributed by atoms with Crippen LogP contribution in [0.1, 0.15) is 56.6 Å². The normalized spacial score (nSPS) is 20.1. The molecular formula is C20H36IN7O2. The van der Waals surface area contributed by atoms with Crippen molar-refractivity contribution in [1.82, 2.24) is 30.3 Å². The minimum atomic E-state index is 0. The number of rotatable bonds is 8. The van der Waals surface area contributed by atoms with Crippen LogP contribution in [-0.4, -0.2) is 70.4 Å². The van der Waals surface area contributed by atoms with Gasteiger partial charge in [-0.2, -0.15) is 0 Å². The van der Waals surface area contributed by atoms with E-state index in [2.05, 4.69) is 25.8 Å². The minimum absolute atomic E-state index is 0. The fourth-order valence-electron chi connectivity index (χ4n) is 3.68. The minimum Gasteiger partial charge on any atom is -0.376 e. The molecule has 10 heteroatoms. The first-order valence-electron chi connectivity index (χ1n) is 10.9. The summed E-state index contributed by atoms with van der Waals surface area (Å²) in [6.07, 6.45) is 7.34. The molecule has 2 fully saturated rings. The van der Waals surface area contributed by atoms with E-state index in [4.69, 9.17) is 4.74 Å². The van der Waals surface area contributed by atoms with Crippen LogP contribution in [0, 0.1) is 6.92 Å². The van der Waals surface area contributed by atoms with Gasteiger partial charge >= 0.3 is 0 Å². The van der Waals surface area contributed by atoms with E-state index in [9.17, 15) is 4.79 Å². The van der Waals surface area contributed by atoms with Gasteiger partial charge in [0.15, 0.2) is 11.8 Å². The van der Waals surface area contributed by atoms with Crippen molar-refractivity contribution in [3.05, 3.63) is 11.6 Å². The first-order chi connectivity index (χ1) is 14.1. The number of ether oxygens (including phenoxy) is 1. The second kappa shape index (κ2) is 13.1. The summed E-state index contributed by atoms with van der Waals surface area (Å²) in [7, 11) is 1.95. The number of carbonyl (C=O) groups excluding carboxylic acids is 1. The lowest BCUT2D eigenvalue weighted by Crippen LogP contribution is -2.42. The molecule has 0 aliphatic carbocycles. The Labute approximate surface area is 196 Å². The summed E-state index contributed by atoms with van der Waals surface area (Å²) in [5, 5.41) is 15.1. The summed E-state index contributed by atoms with van der Waals surface area (Å²) in [5.41, 5.74) is 0. The number of halogens is 1. The van der Waals surface area contributed by atoms with E-state index >= 15 is 0 Å². The van der Waals surface area contributed by atoms with Crippen LogP contribution in [0.3, 0.4) is 0 Å². The molecule has 0 aromatic carbocycles. The lowest BCUT2D eigenvalue weighted by atomic mass is 10.2. The summed E-state index contributed by atoms with van der Waals surface area (Å²) in [6, 6.07) is 0. The average molecular weight is 533 g/mol. The van der Waals surface area contributed by atoms with Crippen molar-refractivity contribution < 1.29 is 9.53 Å². The van der Waals surface area contributed by atoms with Crippen molar-refractivity contribution in [1.29, 1.82) is 0 Å². The highest BCUT2D eigenvalue weighted by atomic mass is 127. The Morgan fingerprint density at radius 2 is 2.10 bits per heavy atom. The number of nitrogens with zero attached hydrogens (tertiary/aromatic N) is 5. The van der Waals surface area contributed by atoms with Crippen molar-refractivity contribution in [2.75, 3.05) is 32.8 Å². The smallest absolute Gasteiger partial charge is 0.222 e. The van der Waals surface area contributed by atoms with Gasteiger partial charge in [0.05, 0.1) is 6.10 Å². The van der Waals surface area contributed by atoms with Crippen LogP contribution in [0.25, 0.3) is 0 Å². The number of hydrogen-bond acceptors (Lipinski definition) is 5. The van der Waals surface area contributed by atoms with Crippen LogP contribution in [0.5, 0.6) is 0 Å². The molecule has 0 saturated carbocycles. The van der Waals surface area contributed by atoms with Gasteiger partial charge in [-0.25, -0.2) is 4.99 Å². The van der Waals surface area contributed by atoms with E-state index < -0.39 is 0 Å². The Hall–Kier alpha value is -1.43.